The van der Waals surface area contributed by atoms with Crippen LogP contribution in [0.5, 0.6) is 0 Å². The maximum atomic E-state index is 13.2. The van der Waals surface area contributed by atoms with Gasteiger partial charge >= 0.3 is 18.1 Å². The van der Waals surface area contributed by atoms with Crippen molar-refractivity contribution in [1.29, 1.82) is 0 Å². The summed E-state index contributed by atoms with van der Waals surface area (Å²) in [6.45, 7) is 3.26. The third-order valence-electron chi connectivity index (χ3n) is 3.37. The fourth-order valence-electron chi connectivity index (χ4n) is 2.25. The number of para-hydroxylation sites is 1. The van der Waals surface area contributed by atoms with Crippen LogP contribution >= 0.6 is 11.3 Å². The van der Waals surface area contributed by atoms with Gasteiger partial charge in [-0.1, -0.05) is 12.1 Å². The average Bonchev–Trinajstić information content (AvgIpc) is 2.91. The number of ether oxygens (including phenoxy) is 2. The van der Waals surface area contributed by atoms with E-state index in [1.54, 1.807) is 13.8 Å². The van der Waals surface area contributed by atoms with Crippen LogP contribution in [0.25, 0.3) is 0 Å². The molecule has 2 rings (SSSR count). The van der Waals surface area contributed by atoms with Gasteiger partial charge in [0.05, 0.1) is 30.2 Å². The monoisotopic (exact) mass is 402 g/mol. The zero-order valence-corrected chi connectivity index (χ0v) is 15.3. The molecule has 6 nitrogen and oxygen atoms in total. The number of alkyl halides is 3. The van der Waals surface area contributed by atoms with E-state index in [0.29, 0.717) is 0 Å². The van der Waals surface area contributed by atoms with Crippen molar-refractivity contribution in [1.82, 2.24) is 0 Å². The zero-order valence-electron chi connectivity index (χ0n) is 14.5. The average molecular weight is 402 g/mol. The van der Waals surface area contributed by atoms with Crippen LogP contribution in [0.2, 0.25) is 0 Å². The quantitative estimate of drug-likeness (QED) is 0.694. The molecule has 0 saturated carbocycles. The fourth-order valence-corrected chi connectivity index (χ4v) is 3.26. The zero-order chi connectivity index (χ0) is 20.2. The number of carbonyl (C=O) groups is 2. The Labute approximate surface area is 157 Å². The summed E-state index contributed by atoms with van der Waals surface area (Å²) in [7, 11) is 0. The van der Waals surface area contributed by atoms with Crippen LogP contribution in [0.4, 0.5) is 29.5 Å². The number of rotatable bonds is 6. The van der Waals surface area contributed by atoms with Crippen molar-refractivity contribution in [2.24, 2.45) is 0 Å². The summed E-state index contributed by atoms with van der Waals surface area (Å²) in [5.74, 6) is -1.63. The van der Waals surface area contributed by atoms with Gasteiger partial charge in [-0.15, -0.1) is 11.3 Å². The lowest BCUT2D eigenvalue weighted by Gasteiger charge is -2.14. The lowest BCUT2D eigenvalue weighted by molar-refractivity contribution is -0.136. The molecule has 0 amide bonds. The van der Waals surface area contributed by atoms with E-state index >= 15 is 0 Å². The van der Waals surface area contributed by atoms with E-state index in [1.807, 2.05) is 0 Å². The minimum Gasteiger partial charge on any atom is -0.462 e. The molecule has 0 unspecified atom stereocenters. The Kier molecular flexibility index (Phi) is 6.32. The molecular formula is C17H17F3N2O4S. The summed E-state index contributed by atoms with van der Waals surface area (Å²) >= 11 is 0.724. The first-order valence-electron chi connectivity index (χ1n) is 7.90. The maximum absolute atomic E-state index is 13.2. The van der Waals surface area contributed by atoms with E-state index in [1.165, 1.54) is 18.2 Å². The van der Waals surface area contributed by atoms with Crippen molar-refractivity contribution in [3.8, 4) is 0 Å². The van der Waals surface area contributed by atoms with Gasteiger partial charge in [-0.25, -0.2) is 9.59 Å². The molecule has 1 heterocycles. The third kappa shape index (κ3) is 4.51. The van der Waals surface area contributed by atoms with Gasteiger partial charge in [-0.05, 0) is 26.0 Å². The number of thiophene rings is 1. The summed E-state index contributed by atoms with van der Waals surface area (Å²) in [6, 6.07) is 4.76. The largest absolute Gasteiger partial charge is 0.462 e. The molecule has 0 bridgehead atoms. The summed E-state index contributed by atoms with van der Waals surface area (Å²) in [5.41, 5.74) is 4.27. The van der Waals surface area contributed by atoms with Crippen LogP contribution < -0.4 is 11.1 Å². The molecule has 146 valence electrons. The van der Waals surface area contributed by atoms with E-state index in [-0.39, 0.29) is 40.0 Å². The van der Waals surface area contributed by atoms with Gasteiger partial charge in [0.1, 0.15) is 15.4 Å². The number of nitrogen functional groups attached to an aromatic ring is 1. The van der Waals surface area contributed by atoms with Crippen LogP contribution in [0.15, 0.2) is 24.3 Å². The maximum Gasteiger partial charge on any atom is 0.418 e. The smallest absolute Gasteiger partial charge is 0.418 e. The topological polar surface area (TPSA) is 90.6 Å². The number of hydrogen-bond donors (Lipinski definition) is 2. The molecule has 0 aliphatic rings. The highest BCUT2D eigenvalue weighted by Gasteiger charge is 2.34. The number of esters is 2. The number of benzene rings is 1. The van der Waals surface area contributed by atoms with Gasteiger partial charge < -0.3 is 20.5 Å². The molecule has 27 heavy (non-hydrogen) atoms. The van der Waals surface area contributed by atoms with Gasteiger partial charge in [-0.3, -0.25) is 0 Å². The molecule has 10 heteroatoms. The van der Waals surface area contributed by atoms with Crippen molar-refractivity contribution in [3.05, 3.63) is 40.3 Å². The lowest BCUT2D eigenvalue weighted by atomic mass is 10.1. The molecule has 0 atom stereocenters. The highest BCUT2D eigenvalue weighted by molar-refractivity contribution is 7.19. The Hall–Kier alpha value is -2.75. The van der Waals surface area contributed by atoms with Gasteiger partial charge in [0.2, 0.25) is 0 Å². The Morgan fingerprint density at radius 3 is 2.30 bits per heavy atom. The van der Waals surface area contributed by atoms with Crippen LogP contribution in [0.1, 0.15) is 39.4 Å². The first-order valence-corrected chi connectivity index (χ1v) is 8.72. The molecular weight excluding hydrogens is 385 g/mol. The molecule has 1 aromatic carbocycles. The molecule has 0 aliphatic carbocycles. The minimum absolute atomic E-state index is 0.0292. The molecule has 0 saturated heterocycles. The second kappa shape index (κ2) is 8.30. The Morgan fingerprint density at radius 1 is 1.11 bits per heavy atom. The van der Waals surface area contributed by atoms with Crippen LogP contribution in [0.3, 0.4) is 0 Å². The Bertz CT molecular complexity index is 849. The predicted molar refractivity (Wildman–Crippen MR) is 95.4 cm³/mol. The van der Waals surface area contributed by atoms with Gasteiger partial charge in [0.25, 0.3) is 0 Å². The molecule has 1 aromatic heterocycles. The van der Waals surface area contributed by atoms with Crippen molar-refractivity contribution < 1.29 is 32.2 Å². The van der Waals surface area contributed by atoms with Gasteiger partial charge in [0.15, 0.2) is 0 Å². The molecule has 0 fully saturated rings. The second-order valence-electron chi connectivity index (χ2n) is 5.16. The SMILES string of the molecule is CCOC(=O)c1sc(Nc2ccccc2C(F)(F)F)c(C(=O)OCC)c1N. The van der Waals surface area contributed by atoms with Crippen molar-refractivity contribution in [2.45, 2.75) is 20.0 Å². The highest BCUT2D eigenvalue weighted by Crippen LogP contribution is 2.41. The number of nitrogens with two attached hydrogens (primary N) is 1. The summed E-state index contributed by atoms with van der Waals surface area (Å²) < 4.78 is 49.4. The van der Waals surface area contributed by atoms with E-state index in [0.717, 1.165) is 17.4 Å². The first kappa shape index (κ1) is 20.6. The summed E-state index contributed by atoms with van der Waals surface area (Å²) in [4.78, 5) is 24.2. The Balaban J connectivity index is 2.55. The summed E-state index contributed by atoms with van der Waals surface area (Å²) in [6.07, 6.45) is -4.61. The number of carbonyl (C=O) groups excluding carboxylic acids is 2. The first-order chi connectivity index (χ1) is 12.7. The molecule has 0 aliphatic heterocycles. The second-order valence-corrected chi connectivity index (χ2v) is 6.18. The third-order valence-corrected chi connectivity index (χ3v) is 4.47. The Morgan fingerprint density at radius 2 is 1.70 bits per heavy atom. The van der Waals surface area contributed by atoms with E-state index < -0.39 is 23.7 Å². The number of anilines is 3. The van der Waals surface area contributed by atoms with Gasteiger partial charge in [-0.2, -0.15) is 13.2 Å². The molecule has 0 radical (unpaired) electrons. The number of halogens is 3. The van der Waals surface area contributed by atoms with Crippen LogP contribution in [-0.2, 0) is 15.7 Å². The van der Waals surface area contributed by atoms with E-state index in [9.17, 15) is 22.8 Å². The number of nitrogens with one attached hydrogen (secondary N) is 1. The minimum atomic E-state index is -4.61. The van der Waals surface area contributed by atoms with Crippen LogP contribution in [-0.4, -0.2) is 25.2 Å². The predicted octanol–water partition coefficient (Wildman–Crippen LogP) is 4.45. The van der Waals surface area contributed by atoms with Crippen molar-refractivity contribution in [2.75, 3.05) is 24.3 Å². The number of hydrogen-bond acceptors (Lipinski definition) is 7. The summed E-state index contributed by atoms with van der Waals surface area (Å²) in [5, 5.41) is 2.52. The van der Waals surface area contributed by atoms with Crippen molar-refractivity contribution >= 4 is 39.7 Å². The molecule has 2 aromatic rings. The molecule has 3 N–H and O–H groups in total. The fraction of sp³-hybridized carbons (Fsp3) is 0.294. The highest BCUT2D eigenvalue weighted by atomic mass is 32.1. The van der Waals surface area contributed by atoms with Gasteiger partial charge in [0, 0.05) is 0 Å². The standard InChI is InChI=1S/C17H17F3N2O4S/c1-3-25-15(23)11-12(21)13(16(24)26-4-2)27-14(11)22-10-8-6-5-7-9(10)17(18,19)20/h5-8,22H,3-4,21H2,1-2H3. The molecule has 0 spiro atoms. The van der Waals surface area contributed by atoms with E-state index in [2.05, 4.69) is 5.32 Å². The normalized spacial score (nSPS) is 11.1. The lowest BCUT2D eigenvalue weighted by Crippen LogP contribution is -2.12. The van der Waals surface area contributed by atoms with E-state index in [4.69, 9.17) is 15.2 Å². The van der Waals surface area contributed by atoms with Crippen LogP contribution in [0, 0.1) is 0 Å². The van der Waals surface area contributed by atoms with Crippen molar-refractivity contribution in [3.63, 3.8) is 0 Å².